The first-order chi connectivity index (χ1) is 9.35. The van der Waals surface area contributed by atoms with Gasteiger partial charge in [-0.2, -0.15) is 0 Å². The zero-order valence-corrected chi connectivity index (χ0v) is 11.1. The first-order valence-corrected chi connectivity index (χ1v) is 6.67. The number of aromatic nitrogens is 1. The lowest BCUT2D eigenvalue weighted by Gasteiger charge is -2.06. The lowest BCUT2D eigenvalue weighted by atomic mass is 10.1. The molecule has 3 heteroatoms. The molecule has 98 valence electrons. The number of methoxy groups -OCH3 is 1. The Morgan fingerprint density at radius 2 is 1.95 bits per heavy atom. The molecular weight excluding hydrogens is 236 g/mol. The van der Waals surface area contributed by atoms with Crippen molar-refractivity contribution in [3.05, 3.63) is 48.3 Å². The van der Waals surface area contributed by atoms with Gasteiger partial charge >= 0.3 is 0 Å². The van der Waals surface area contributed by atoms with E-state index < -0.39 is 0 Å². The monoisotopic (exact) mass is 254 g/mol. The van der Waals surface area contributed by atoms with Crippen molar-refractivity contribution >= 4 is 0 Å². The standard InChI is InChI=1S/C16H18N2O/c1-19-16-8-14(10-17-11-16)13-4-2-12(3-5-13)9-18-15-6-7-15/h2-5,8,10-11,15,18H,6-7,9H2,1H3. The number of nitrogens with zero attached hydrogens (tertiary/aromatic N) is 1. The van der Waals surface area contributed by atoms with Crippen LogP contribution in [0.15, 0.2) is 42.7 Å². The molecule has 19 heavy (non-hydrogen) atoms. The minimum atomic E-state index is 0.752. The third-order valence-electron chi connectivity index (χ3n) is 3.41. The van der Waals surface area contributed by atoms with Gasteiger partial charge in [0.2, 0.25) is 0 Å². The highest BCUT2D eigenvalue weighted by molar-refractivity contribution is 5.64. The lowest BCUT2D eigenvalue weighted by molar-refractivity contribution is 0.413. The molecule has 1 heterocycles. The summed E-state index contributed by atoms with van der Waals surface area (Å²) in [6.45, 7) is 0.960. The first kappa shape index (κ1) is 12.2. The van der Waals surface area contributed by atoms with Gasteiger partial charge in [-0.3, -0.25) is 4.98 Å². The molecule has 1 aliphatic carbocycles. The molecule has 1 N–H and O–H groups in total. The van der Waals surface area contributed by atoms with Gasteiger partial charge in [0.15, 0.2) is 0 Å². The number of ether oxygens (including phenoxy) is 1. The summed E-state index contributed by atoms with van der Waals surface area (Å²) in [4.78, 5) is 4.18. The second-order valence-corrected chi connectivity index (χ2v) is 4.97. The van der Waals surface area contributed by atoms with Crippen LogP contribution in [0.2, 0.25) is 0 Å². The van der Waals surface area contributed by atoms with Gasteiger partial charge in [-0.15, -0.1) is 0 Å². The lowest BCUT2D eigenvalue weighted by Crippen LogP contribution is -2.14. The van der Waals surface area contributed by atoms with Crippen LogP contribution in [0.25, 0.3) is 11.1 Å². The van der Waals surface area contributed by atoms with Gasteiger partial charge < -0.3 is 10.1 Å². The normalized spacial score (nSPS) is 14.4. The molecule has 1 aromatic heterocycles. The van der Waals surface area contributed by atoms with Crippen LogP contribution in [0.3, 0.4) is 0 Å². The smallest absolute Gasteiger partial charge is 0.137 e. The first-order valence-electron chi connectivity index (χ1n) is 6.67. The number of pyridine rings is 1. The van der Waals surface area contributed by atoms with Crippen LogP contribution in [0.1, 0.15) is 18.4 Å². The zero-order chi connectivity index (χ0) is 13.1. The third kappa shape index (κ3) is 3.12. The minimum Gasteiger partial charge on any atom is -0.495 e. The fourth-order valence-corrected chi connectivity index (χ4v) is 2.05. The maximum atomic E-state index is 5.20. The second-order valence-electron chi connectivity index (χ2n) is 4.97. The van der Waals surface area contributed by atoms with Gasteiger partial charge in [0, 0.05) is 24.3 Å². The highest BCUT2D eigenvalue weighted by Gasteiger charge is 2.19. The molecule has 1 saturated carbocycles. The minimum absolute atomic E-state index is 0.752. The van der Waals surface area contributed by atoms with Gasteiger partial charge in [0.1, 0.15) is 5.75 Å². The zero-order valence-electron chi connectivity index (χ0n) is 11.1. The highest BCUT2D eigenvalue weighted by Crippen LogP contribution is 2.23. The molecule has 1 fully saturated rings. The van der Waals surface area contributed by atoms with E-state index in [0.29, 0.717) is 0 Å². The second kappa shape index (κ2) is 5.41. The van der Waals surface area contributed by atoms with E-state index in [2.05, 4.69) is 34.6 Å². The Hall–Kier alpha value is -1.87. The van der Waals surface area contributed by atoms with E-state index in [1.165, 1.54) is 24.0 Å². The van der Waals surface area contributed by atoms with Crippen LogP contribution in [-0.2, 0) is 6.54 Å². The Balaban J connectivity index is 1.72. The van der Waals surface area contributed by atoms with Gasteiger partial charge in [-0.25, -0.2) is 0 Å². The van der Waals surface area contributed by atoms with E-state index in [0.717, 1.165) is 23.9 Å². The number of hydrogen-bond donors (Lipinski definition) is 1. The summed E-state index contributed by atoms with van der Waals surface area (Å²) >= 11 is 0. The summed E-state index contributed by atoms with van der Waals surface area (Å²) in [6.07, 6.45) is 6.23. The van der Waals surface area contributed by atoms with Crippen LogP contribution in [0.5, 0.6) is 5.75 Å². The largest absolute Gasteiger partial charge is 0.495 e. The summed E-state index contributed by atoms with van der Waals surface area (Å²) in [6, 6.07) is 11.4. The van der Waals surface area contributed by atoms with Crippen LogP contribution in [-0.4, -0.2) is 18.1 Å². The summed E-state index contributed by atoms with van der Waals surface area (Å²) in [7, 11) is 1.66. The maximum Gasteiger partial charge on any atom is 0.137 e. The van der Waals surface area contributed by atoms with Gasteiger partial charge in [0.25, 0.3) is 0 Å². The van der Waals surface area contributed by atoms with Gasteiger partial charge in [0.05, 0.1) is 13.3 Å². The van der Waals surface area contributed by atoms with Crippen molar-refractivity contribution in [2.24, 2.45) is 0 Å². The highest BCUT2D eigenvalue weighted by atomic mass is 16.5. The Labute approximate surface area is 113 Å². The van der Waals surface area contributed by atoms with E-state index in [-0.39, 0.29) is 0 Å². The SMILES string of the molecule is COc1cncc(-c2ccc(CNC3CC3)cc2)c1. The van der Waals surface area contributed by atoms with Crippen molar-refractivity contribution in [1.29, 1.82) is 0 Å². The molecule has 0 spiro atoms. The molecule has 3 nitrogen and oxygen atoms in total. The van der Waals surface area contributed by atoms with Crippen molar-refractivity contribution < 1.29 is 4.74 Å². The van der Waals surface area contributed by atoms with E-state index in [9.17, 15) is 0 Å². The van der Waals surface area contributed by atoms with Crippen molar-refractivity contribution in [2.75, 3.05) is 7.11 Å². The molecule has 0 unspecified atom stereocenters. The molecule has 0 saturated heterocycles. The van der Waals surface area contributed by atoms with Crippen LogP contribution in [0.4, 0.5) is 0 Å². The number of nitrogens with one attached hydrogen (secondary N) is 1. The van der Waals surface area contributed by atoms with Crippen molar-refractivity contribution in [3.8, 4) is 16.9 Å². The quantitative estimate of drug-likeness (QED) is 0.890. The van der Waals surface area contributed by atoms with Crippen LogP contribution < -0.4 is 10.1 Å². The number of rotatable bonds is 5. The van der Waals surface area contributed by atoms with E-state index >= 15 is 0 Å². The number of benzene rings is 1. The van der Waals surface area contributed by atoms with E-state index in [1.54, 1.807) is 13.3 Å². The predicted molar refractivity (Wildman–Crippen MR) is 76.1 cm³/mol. The summed E-state index contributed by atoms with van der Waals surface area (Å²) in [5.74, 6) is 0.789. The summed E-state index contributed by atoms with van der Waals surface area (Å²) in [5, 5.41) is 3.52. The Bertz CT molecular complexity index is 547. The Morgan fingerprint density at radius 1 is 1.16 bits per heavy atom. The molecule has 2 aromatic rings. The molecule has 0 amide bonds. The molecule has 1 aliphatic rings. The summed E-state index contributed by atoms with van der Waals surface area (Å²) < 4.78 is 5.20. The van der Waals surface area contributed by atoms with Crippen LogP contribution in [0, 0.1) is 0 Å². The predicted octanol–water partition coefficient (Wildman–Crippen LogP) is 3.01. The van der Waals surface area contributed by atoms with Gasteiger partial charge in [-0.1, -0.05) is 24.3 Å². The fourth-order valence-electron chi connectivity index (χ4n) is 2.05. The average Bonchev–Trinajstić information content (AvgIpc) is 3.30. The van der Waals surface area contributed by atoms with Crippen molar-refractivity contribution in [3.63, 3.8) is 0 Å². The van der Waals surface area contributed by atoms with Crippen molar-refractivity contribution in [2.45, 2.75) is 25.4 Å². The maximum absolute atomic E-state index is 5.20. The molecule has 1 aromatic carbocycles. The molecular formula is C16H18N2O. The topological polar surface area (TPSA) is 34.1 Å². The van der Waals surface area contributed by atoms with E-state index in [4.69, 9.17) is 4.74 Å². The molecule has 0 atom stereocenters. The summed E-state index contributed by atoms with van der Waals surface area (Å²) in [5.41, 5.74) is 3.58. The molecule has 0 bridgehead atoms. The molecule has 3 rings (SSSR count). The third-order valence-corrected chi connectivity index (χ3v) is 3.41. The number of hydrogen-bond acceptors (Lipinski definition) is 3. The molecule has 0 aliphatic heterocycles. The van der Waals surface area contributed by atoms with Crippen LogP contribution >= 0.6 is 0 Å². The Kier molecular flexibility index (Phi) is 3.47. The van der Waals surface area contributed by atoms with Crippen molar-refractivity contribution in [1.82, 2.24) is 10.3 Å². The van der Waals surface area contributed by atoms with E-state index in [1.807, 2.05) is 12.3 Å². The average molecular weight is 254 g/mol. The fraction of sp³-hybridized carbons (Fsp3) is 0.312. The molecule has 0 radical (unpaired) electrons. The van der Waals surface area contributed by atoms with Gasteiger partial charge in [-0.05, 0) is 30.0 Å². The Morgan fingerprint density at radius 3 is 2.63 bits per heavy atom.